The second kappa shape index (κ2) is 8.90. The number of benzene rings is 1. The monoisotopic (exact) mass is 295 g/mol. The summed E-state index contributed by atoms with van der Waals surface area (Å²) in [5.41, 5.74) is 1.28. The van der Waals surface area contributed by atoms with Gasteiger partial charge in [-0.05, 0) is 52.3 Å². The molecule has 0 saturated heterocycles. The maximum Gasteiger partial charge on any atom is 0.161 e. The van der Waals surface area contributed by atoms with E-state index >= 15 is 0 Å². The summed E-state index contributed by atoms with van der Waals surface area (Å²) < 4.78 is 16.7. The second-order valence-electron chi connectivity index (χ2n) is 5.86. The van der Waals surface area contributed by atoms with Crippen molar-refractivity contribution in [1.82, 2.24) is 5.32 Å². The molecule has 0 aromatic heterocycles. The fraction of sp³-hybridized carbons (Fsp3) is 0.647. The van der Waals surface area contributed by atoms with Gasteiger partial charge in [0.2, 0.25) is 0 Å². The van der Waals surface area contributed by atoms with Crippen molar-refractivity contribution in [1.29, 1.82) is 0 Å². The average Bonchev–Trinajstić information content (AvgIpc) is 2.42. The van der Waals surface area contributed by atoms with Crippen LogP contribution in [0.25, 0.3) is 0 Å². The zero-order valence-electron chi connectivity index (χ0n) is 14.0. The molecular formula is C17H29NO3. The van der Waals surface area contributed by atoms with Gasteiger partial charge in [0.1, 0.15) is 6.61 Å². The fourth-order valence-corrected chi connectivity index (χ4v) is 1.77. The molecule has 0 aliphatic rings. The van der Waals surface area contributed by atoms with Gasteiger partial charge in [-0.1, -0.05) is 6.07 Å². The predicted octanol–water partition coefficient (Wildman–Crippen LogP) is 3.39. The molecule has 1 N–H and O–H groups in total. The molecule has 120 valence electrons. The van der Waals surface area contributed by atoms with Crippen molar-refractivity contribution in [3.63, 3.8) is 0 Å². The minimum Gasteiger partial charge on any atom is -0.490 e. The smallest absolute Gasteiger partial charge is 0.161 e. The van der Waals surface area contributed by atoms with E-state index in [1.807, 2.05) is 26.0 Å². The molecule has 0 aliphatic carbocycles. The van der Waals surface area contributed by atoms with Gasteiger partial charge in [-0.25, -0.2) is 0 Å². The molecule has 0 fully saturated rings. The quantitative estimate of drug-likeness (QED) is 0.709. The van der Waals surface area contributed by atoms with Crippen LogP contribution in [0, 0.1) is 0 Å². The lowest BCUT2D eigenvalue weighted by Gasteiger charge is -2.21. The molecule has 0 saturated carbocycles. The summed E-state index contributed by atoms with van der Waals surface area (Å²) in [6.07, 6.45) is 0. The van der Waals surface area contributed by atoms with E-state index in [1.54, 1.807) is 0 Å². The minimum atomic E-state index is 0.0957. The van der Waals surface area contributed by atoms with Gasteiger partial charge < -0.3 is 19.5 Å². The molecule has 0 atom stereocenters. The Kier molecular flexibility index (Phi) is 7.54. The van der Waals surface area contributed by atoms with E-state index in [0.717, 1.165) is 18.0 Å². The van der Waals surface area contributed by atoms with Gasteiger partial charge in [0.15, 0.2) is 11.5 Å². The van der Waals surface area contributed by atoms with Crippen LogP contribution in [0.5, 0.6) is 11.5 Å². The molecule has 0 heterocycles. The summed E-state index contributed by atoms with van der Waals surface area (Å²) in [4.78, 5) is 0. The van der Waals surface area contributed by atoms with E-state index in [-0.39, 0.29) is 5.54 Å². The predicted molar refractivity (Wildman–Crippen MR) is 86.2 cm³/mol. The molecule has 0 aliphatic heterocycles. The molecule has 4 nitrogen and oxygen atoms in total. The zero-order chi connectivity index (χ0) is 15.7. The Balaban J connectivity index is 2.67. The molecule has 1 rings (SSSR count). The summed E-state index contributed by atoms with van der Waals surface area (Å²) in [7, 11) is 0. The van der Waals surface area contributed by atoms with Gasteiger partial charge >= 0.3 is 0 Å². The first-order valence-electron chi connectivity index (χ1n) is 7.67. The molecule has 0 unspecified atom stereocenters. The zero-order valence-corrected chi connectivity index (χ0v) is 14.0. The highest BCUT2D eigenvalue weighted by Crippen LogP contribution is 2.28. The first-order chi connectivity index (χ1) is 9.96. The maximum absolute atomic E-state index is 5.72. The van der Waals surface area contributed by atoms with E-state index < -0.39 is 0 Å². The lowest BCUT2D eigenvalue weighted by molar-refractivity contribution is 0.108. The van der Waals surface area contributed by atoms with Crippen molar-refractivity contribution in [2.75, 3.05) is 26.4 Å². The number of nitrogens with one attached hydrogen (secondary N) is 1. The Bertz CT molecular complexity index is 413. The Hall–Kier alpha value is -1.26. The SMILES string of the molecule is CCOCCOc1ccc(CNC(C)(C)C)cc1OCC. The van der Waals surface area contributed by atoms with Crippen LogP contribution in [0.2, 0.25) is 0 Å². The molecule has 0 radical (unpaired) electrons. The van der Waals surface area contributed by atoms with Crippen molar-refractivity contribution in [2.24, 2.45) is 0 Å². The van der Waals surface area contributed by atoms with Crippen LogP contribution in [0.1, 0.15) is 40.2 Å². The molecule has 1 aromatic rings. The molecule has 21 heavy (non-hydrogen) atoms. The molecular weight excluding hydrogens is 266 g/mol. The largest absolute Gasteiger partial charge is 0.490 e. The summed E-state index contributed by atoms with van der Waals surface area (Å²) in [5, 5.41) is 3.47. The van der Waals surface area contributed by atoms with Crippen LogP contribution >= 0.6 is 0 Å². The Morgan fingerprint density at radius 2 is 1.71 bits per heavy atom. The summed E-state index contributed by atoms with van der Waals surface area (Å²) in [6, 6.07) is 6.08. The van der Waals surface area contributed by atoms with Crippen molar-refractivity contribution >= 4 is 0 Å². The minimum absolute atomic E-state index is 0.0957. The molecule has 0 bridgehead atoms. The highest BCUT2D eigenvalue weighted by Gasteiger charge is 2.11. The Morgan fingerprint density at radius 3 is 2.33 bits per heavy atom. The standard InChI is InChI=1S/C17H29NO3/c1-6-19-10-11-21-15-9-8-14(12-16(15)20-7-2)13-18-17(3,4)5/h8-9,12,18H,6-7,10-11,13H2,1-5H3. The van der Waals surface area contributed by atoms with Gasteiger partial charge in [0.05, 0.1) is 13.2 Å². The lowest BCUT2D eigenvalue weighted by Crippen LogP contribution is -2.35. The maximum atomic E-state index is 5.72. The van der Waals surface area contributed by atoms with Crippen LogP contribution in [0.4, 0.5) is 0 Å². The van der Waals surface area contributed by atoms with Gasteiger partial charge in [0.25, 0.3) is 0 Å². The van der Waals surface area contributed by atoms with Crippen LogP contribution in [-0.4, -0.2) is 32.0 Å². The summed E-state index contributed by atoms with van der Waals surface area (Å²) in [6.45, 7) is 13.7. The van der Waals surface area contributed by atoms with Crippen molar-refractivity contribution in [3.8, 4) is 11.5 Å². The van der Waals surface area contributed by atoms with Gasteiger partial charge in [-0.15, -0.1) is 0 Å². The Morgan fingerprint density at radius 1 is 0.952 bits per heavy atom. The third-order valence-corrected chi connectivity index (χ3v) is 2.82. The van der Waals surface area contributed by atoms with Gasteiger partial charge in [-0.2, -0.15) is 0 Å². The first kappa shape index (κ1) is 17.8. The normalized spacial score (nSPS) is 11.5. The van der Waals surface area contributed by atoms with E-state index in [9.17, 15) is 0 Å². The molecule has 1 aromatic carbocycles. The van der Waals surface area contributed by atoms with Crippen LogP contribution < -0.4 is 14.8 Å². The van der Waals surface area contributed by atoms with Crippen LogP contribution in [0.3, 0.4) is 0 Å². The molecule has 0 spiro atoms. The molecule has 0 amide bonds. The van der Waals surface area contributed by atoms with Crippen molar-refractivity contribution in [3.05, 3.63) is 23.8 Å². The lowest BCUT2D eigenvalue weighted by atomic mass is 10.1. The van der Waals surface area contributed by atoms with Crippen LogP contribution in [-0.2, 0) is 11.3 Å². The number of ether oxygens (including phenoxy) is 3. The summed E-state index contributed by atoms with van der Waals surface area (Å²) in [5.74, 6) is 1.57. The number of hydrogen-bond acceptors (Lipinski definition) is 4. The van der Waals surface area contributed by atoms with Crippen LogP contribution in [0.15, 0.2) is 18.2 Å². The fourth-order valence-electron chi connectivity index (χ4n) is 1.77. The topological polar surface area (TPSA) is 39.7 Å². The van der Waals surface area contributed by atoms with E-state index in [0.29, 0.717) is 26.4 Å². The first-order valence-corrected chi connectivity index (χ1v) is 7.67. The molecule has 4 heteroatoms. The van der Waals surface area contributed by atoms with Crippen molar-refractivity contribution < 1.29 is 14.2 Å². The van der Waals surface area contributed by atoms with Crippen molar-refractivity contribution in [2.45, 2.75) is 46.7 Å². The second-order valence-corrected chi connectivity index (χ2v) is 5.86. The highest BCUT2D eigenvalue weighted by atomic mass is 16.5. The summed E-state index contributed by atoms with van der Waals surface area (Å²) >= 11 is 0. The van der Waals surface area contributed by atoms with E-state index in [1.165, 1.54) is 5.56 Å². The van der Waals surface area contributed by atoms with E-state index in [4.69, 9.17) is 14.2 Å². The Labute approximate surface area is 128 Å². The number of rotatable bonds is 9. The highest BCUT2D eigenvalue weighted by molar-refractivity contribution is 5.43. The third kappa shape index (κ3) is 7.34. The van der Waals surface area contributed by atoms with Gasteiger partial charge in [-0.3, -0.25) is 0 Å². The third-order valence-electron chi connectivity index (χ3n) is 2.82. The van der Waals surface area contributed by atoms with E-state index in [2.05, 4.69) is 32.2 Å². The number of hydrogen-bond donors (Lipinski definition) is 1. The average molecular weight is 295 g/mol. The van der Waals surface area contributed by atoms with Gasteiger partial charge in [0, 0.05) is 18.7 Å².